The SMILES string of the molecule is Cc1ccc(NC(=O)C(=O)N/N=C/c2ccc(OC(=O)c3ccccc3)cc2OC(=O)c2ccccc2)cc1Cl. The van der Waals surface area contributed by atoms with Crippen molar-refractivity contribution in [3.63, 3.8) is 0 Å². The van der Waals surface area contributed by atoms with Gasteiger partial charge >= 0.3 is 23.8 Å². The molecule has 0 aliphatic rings. The number of benzene rings is 4. The first kappa shape index (κ1) is 27.7. The average Bonchev–Trinajstić information content (AvgIpc) is 2.96. The van der Waals surface area contributed by atoms with Crippen molar-refractivity contribution in [1.29, 1.82) is 0 Å². The Morgan fingerprint density at radius 3 is 2.00 bits per heavy atom. The highest BCUT2D eigenvalue weighted by molar-refractivity contribution is 6.39. The largest absolute Gasteiger partial charge is 0.423 e. The second-order valence-corrected chi connectivity index (χ2v) is 8.74. The van der Waals surface area contributed by atoms with Crippen molar-refractivity contribution in [3.05, 3.63) is 124 Å². The zero-order valence-electron chi connectivity index (χ0n) is 21.1. The van der Waals surface area contributed by atoms with Crippen molar-refractivity contribution in [2.24, 2.45) is 5.10 Å². The van der Waals surface area contributed by atoms with E-state index in [1.165, 1.54) is 30.5 Å². The van der Waals surface area contributed by atoms with Gasteiger partial charge in [-0.05, 0) is 61.0 Å². The van der Waals surface area contributed by atoms with E-state index in [2.05, 4.69) is 15.8 Å². The van der Waals surface area contributed by atoms with Crippen molar-refractivity contribution >= 4 is 47.3 Å². The Balaban J connectivity index is 1.49. The third-order valence-electron chi connectivity index (χ3n) is 5.42. The standard InChI is InChI=1S/C30H22ClN3O6/c1-19-12-14-23(16-25(19)31)33-27(35)28(36)34-32-18-22-13-15-24(39-29(37)20-8-4-2-5-9-20)17-26(22)40-30(38)21-10-6-3-7-11-21/h2-18H,1H3,(H,33,35)(H,34,36)/b32-18+. The molecule has 2 amide bonds. The summed E-state index contributed by atoms with van der Waals surface area (Å²) in [5.41, 5.74) is 4.17. The lowest BCUT2D eigenvalue weighted by molar-refractivity contribution is -0.136. The molecular formula is C30H22ClN3O6. The predicted octanol–water partition coefficient (Wildman–Crippen LogP) is 5.18. The van der Waals surface area contributed by atoms with E-state index in [4.69, 9.17) is 21.1 Å². The van der Waals surface area contributed by atoms with E-state index in [0.717, 1.165) is 5.56 Å². The fourth-order valence-corrected chi connectivity index (χ4v) is 3.50. The maximum Gasteiger partial charge on any atom is 0.343 e. The zero-order chi connectivity index (χ0) is 28.5. The highest BCUT2D eigenvalue weighted by atomic mass is 35.5. The number of hydrazone groups is 1. The number of amides is 2. The number of anilines is 1. The van der Waals surface area contributed by atoms with Gasteiger partial charge in [-0.3, -0.25) is 9.59 Å². The molecule has 200 valence electrons. The minimum absolute atomic E-state index is 0.00367. The van der Waals surface area contributed by atoms with E-state index in [1.54, 1.807) is 79.7 Å². The van der Waals surface area contributed by atoms with Gasteiger partial charge in [0.05, 0.1) is 17.3 Å². The average molecular weight is 556 g/mol. The highest BCUT2D eigenvalue weighted by Crippen LogP contribution is 2.26. The molecule has 4 aromatic carbocycles. The molecule has 4 aromatic rings. The lowest BCUT2D eigenvalue weighted by Crippen LogP contribution is -2.32. The number of carbonyl (C=O) groups is 4. The van der Waals surface area contributed by atoms with Crippen LogP contribution in [0.4, 0.5) is 5.69 Å². The first-order valence-corrected chi connectivity index (χ1v) is 12.3. The smallest absolute Gasteiger partial charge is 0.343 e. The topological polar surface area (TPSA) is 123 Å². The Kier molecular flexibility index (Phi) is 9.01. The summed E-state index contributed by atoms with van der Waals surface area (Å²) >= 11 is 6.05. The van der Waals surface area contributed by atoms with E-state index in [-0.39, 0.29) is 17.1 Å². The molecule has 2 N–H and O–H groups in total. The van der Waals surface area contributed by atoms with Gasteiger partial charge in [0.25, 0.3) is 0 Å². The molecule has 0 fully saturated rings. The molecule has 0 radical (unpaired) electrons. The molecular weight excluding hydrogens is 534 g/mol. The number of hydrogen-bond acceptors (Lipinski definition) is 7. The summed E-state index contributed by atoms with van der Waals surface area (Å²) in [6, 6.07) is 25.8. The molecule has 0 saturated carbocycles. The van der Waals surface area contributed by atoms with Crippen molar-refractivity contribution in [2.75, 3.05) is 5.32 Å². The van der Waals surface area contributed by atoms with Gasteiger partial charge in [0.1, 0.15) is 11.5 Å². The highest BCUT2D eigenvalue weighted by Gasteiger charge is 2.16. The molecule has 0 saturated heterocycles. The summed E-state index contributed by atoms with van der Waals surface area (Å²) < 4.78 is 11.0. The van der Waals surface area contributed by atoms with Gasteiger partial charge in [-0.1, -0.05) is 54.1 Å². The molecule has 0 aliphatic carbocycles. The van der Waals surface area contributed by atoms with Crippen LogP contribution in [0.1, 0.15) is 31.8 Å². The lowest BCUT2D eigenvalue weighted by Gasteiger charge is -2.10. The third kappa shape index (κ3) is 7.40. The van der Waals surface area contributed by atoms with Crippen LogP contribution in [0.2, 0.25) is 5.02 Å². The van der Waals surface area contributed by atoms with Gasteiger partial charge in [-0.25, -0.2) is 15.0 Å². The normalized spacial score (nSPS) is 10.6. The summed E-state index contributed by atoms with van der Waals surface area (Å²) in [7, 11) is 0. The van der Waals surface area contributed by atoms with E-state index < -0.39 is 23.8 Å². The van der Waals surface area contributed by atoms with Gasteiger partial charge in [-0.15, -0.1) is 0 Å². The minimum Gasteiger partial charge on any atom is -0.423 e. The van der Waals surface area contributed by atoms with Crippen molar-refractivity contribution in [3.8, 4) is 11.5 Å². The number of nitrogens with zero attached hydrogens (tertiary/aromatic N) is 1. The monoisotopic (exact) mass is 555 g/mol. The van der Waals surface area contributed by atoms with Crippen LogP contribution < -0.4 is 20.2 Å². The molecule has 0 aliphatic heterocycles. The quantitative estimate of drug-likeness (QED) is 0.107. The second kappa shape index (κ2) is 13.0. The van der Waals surface area contributed by atoms with Gasteiger partial charge in [0.2, 0.25) is 0 Å². The summed E-state index contributed by atoms with van der Waals surface area (Å²) in [5, 5.41) is 6.67. The zero-order valence-corrected chi connectivity index (χ0v) is 21.8. The predicted molar refractivity (Wildman–Crippen MR) is 150 cm³/mol. The second-order valence-electron chi connectivity index (χ2n) is 8.33. The first-order chi connectivity index (χ1) is 19.3. The molecule has 10 heteroatoms. The van der Waals surface area contributed by atoms with Crippen LogP contribution in [0.3, 0.4) is 0 Å². The van der Waals surface area contributed by atoms with Crippen molar-refractivity contribution < 1.29 is 28.7 Å². The molecule has 0 unspecified atom stereocenters. The van der Waals surface area contributed by atoms with E-state index in [9.17, 15) is 19.2 Å². The Labute approximate surface area is 234 Å². The van der Waals surface area contributed by atoms with Crippen molar-refractivity contribution in [1.82, 2.24) is 5.43 Å². The third-order valence-corrected chi connectivity index (χ3v) is 5.83. The van der Waals surface area contributed by atoms with Gasteiger partial charge in [0, 0.05) is 22.3 Å². The first-order valence-electron chi connectivity index (χ1n) is 11.9. The summed E-state index contributed by atoms with van der Waals surface area (Å²) in [6.45, 7) is 1.81. The van der Waals surface area contributed by atoms with Gasteiger partial charge in [0.15, 0.2) is 0 Å². The number of ether oxygens (including phenoxy) is 2. The van der Waals surface area contributed by atoms with Gasteiger partial charge < -0.3 is 14.8 Å². The number of esters is 2. The Bertz CT molecular complexity index is 1590. The lowest BCUT2D eigenvalue weighted by atomic mass is 10.2. The van der Waals surface area contributed by atoms with Gasteiger partial charge in [-0.2, -0.15) is 5.10 Å². The molecule has 9 nitrogen and oxygen atoms in total. The Morgan fingerprint density at radius 2 is 1.38 bits per heavy atom. The molecule has 0 heterocycles. The molecule has 40 heavy (non-hydrogen) atoms. The van der Waals surface area contributed by atoms with E-state index in [1.807, 2.05) is 0 Å². The fraction of sp³-hybridized carbons (Fsp3) is 0.0333. The van der Waals surface area contributed by atoms with Crippen molar-refractivity contribution in [2.45, 2.75) is 6.92 Å². The number of nitrogens with one attached hydrogen (secondary N) is 2. The number of rotatable bonds is 7. The van der Waals surface area contributed by atoms with E-state index >= 15 is 0 Å². The van der Waals surface area contributed by atoms with Crippen LogP contribution in [0, 0.1) is 6.92 Å². The number of hydrogen-bond donors (Lipinski definition) is 2. The number of aryl methyl sites for hydroxylation is 1. The fourth-order valence-electron chi connectivity index (χ4n) is 3.32. The summed E-state index contributed by atoms with van der Waals surface area (Å²) in [6.07, 6.45) is 1.18. The van der Waals surface area contributed by atoms with Crippen LogP contribution in [-0.4, -0.2) is 30.0 Å². The van der Waals surface area contributed by atoms with Crippen LogP contribution >= 0.6 is 11.6 Å². The molecule has 0 bridgehead atoms. The molecule has 0 atom stereocenters. The number of halogens is 1. The van der Waals surface area contributed by atoms with Crippen LogP contribution in [0.25, 0.3) is 0 Å². The molecule has 0 spiro atoms. The number of carbonyl (C=O) groups excluding carboxylic acids is 4. The Hall–Kier alpha value is -5.28. The minimum atomic E-state index is -1.04. The van der Waals surface area contributed by atoms with Crippen LogP contribution in [0.15, 0.2) is 102 Å². The summed E-state index contributed by atoms with van der Waals surface area (Å²) in [4.78, 5) is 49.6. The Morgan fingerprint density at radius 1 is 0.750 bits per heavy atom. The molecule has 4 rings (SSSR count). The van der Waals surface area contributed by atoms with Crippen LogP contribution in [0.5, 0.6) is 11.5 Å². The maximum absolute atomic E-state index is 12.7. The molecule has 0 aromatic heterocycles. The van der Waals surface area contributed by atoms with E-state index in [0.29, 0.717) is 21.8 Å². The van der Waals surface area contributed by atoms with Crippen LogP contribution in [-0.2, 0) is 9.59 Å². The summed E-state index contributed by atoms with van der Waals surface area (Å²) in [5.74, 6) is -3.15. The maximum atomic E-state index is 12.7.